The molecular formula is C28H20N2S. The van der Waals surface area contributed by atoms with E-state index in [1.54, 1.807) is 11.3 Å². The summed E-state index contributed by atoms with van der Waals surface area (Å²) in [6.45, 7) is 4.70. The second-order valence-corrected chi connectivity index (χ2v) is 9.80. The van der Waals surface area contributed by atoms with Crippen molar-refractivity contribution < 1.29 is 0 Å². The molecule has 2 heterocycles. The average Bonchev–Trinajstić information content (AvgIpc) is 3.45. The van der Waals surface area contributed by atoms with E-state index in [9.17, 15) is 0 Å². The Morgan fingerprint density at radius 1 is 0.806 bits per heavy atom. The maximum absolute atomic E-state index is 4.46. The number of rotatable bonds is 1. The molecule has 2 aromatic heterocycles. The monoisotopic (exact) mass is 416 g/mol. The lowest BCUT2D eigenvalue weighted by Gasteiger charge is -2.21. The van der Waals surface area contributed by atoms with Gasteiger partial charge in [0, 0.05) is 21.9 Å². The number of hydrogen-bond acceptors (Lipinski definition) is 2. The van der Waals surface area contributed by atoms with Crippen molar-refractivity contribution in [2.75, 3.05) is 0 Å². The first-order valence-corrected chi connectivity index (χ1v) is 11.5. The molecule has 148 valence electrons. The Labute approximate surface area is 184 Å². The van der Waals surface area contributed by atoms with Gasteiger partial charge >= 0.3 is 0 Å². The molecule has 0 N–H and O–H groups in total. The highest BCUT2D eigenvalue weighted by atomic mass is 32.1. The molecule has 0 bridgehead atoms. The Balaban J connectivity index is 1.67. The van der Waals surface area contributed by atoms with Gasteiger partial charge in [-0.2, -0.15) is 0 Å². The second kappa shape index (κ2) is 5.83. The van der Waals surface area contributed by atoms with Crippen molar-refractivity contribution >= 4 is 43.4 Å². The predicted molar refractivity (Wildman–Crippen MR) is 132 cm³/mol. The molecule has 31 heavy (non-hydrogen) atoms. The standard InChI is InChI=1S/C28H20N2S/c1-28(2)20-9-5-3-7-18(20)26-21(28)12-14-24-27(26)19-8-4-6-10-23(19)30(24)17-11-13-22-25(15-17)31-16-29-22/h3-16H,1-2H3. The number of hydrogen-bond donors (Lipinski definition) is 0. The van der Waals surface area contributed by atoms with Gasteiger partial charge in [0.25, 0.3) is 0 Å². The number of para-hydroxylation sites is 1. The first-order chi connectivity index (χ1) is 15.1. The zero-order valence-electron chi connectivity index (χ0n) is 17.4. The summed E-state index contributed by atoms with van der Waals surface area (Å²) in [5.41, 5.74) is 12.3. The van der Waals surface area contributed by atoms with Crippen molar-refractivity contribution in [3.63, 3.8) is 0 Å². The Morgan fingerprint density at radius 3 is 2.58 bits per heavy atom. The highest BCUT2D eigenvalue weighted by Crippen LogP contribution is 2.53. The molecule has 0 unspecified atom stereocenters. The minimum absolute atomic E-state index is 0.00483. The van der Waals surface area contributed by atoms with E-state index in [1.807, 2.05) is 5.51 Å². The Kier molecular flexibility index (Phi) is 3.25. The molecule has 0 saturated heterocycles. The fourth-order valence-electron chi connectivity index (χ4n) is 5.51. The molecule has 6 aromatic rings. The normalized spacial score (nSPS) is 14.4. The lowest BCUT2D eigenvalue weighted by molar-refractivity contribution is 0.661. The van der Waals surface area contributed by atoms with Gasteiger partial charge < -0.3 is 4.57 Å². The van der Waals surface area contributed by atoms with Crippen LogP contribution in [0.1, 0.15) is 25.0 Å². The van der Waals surface area contributed by atoms with Crippen molar-refractivity contribution in [2.24, 2.45) is 0 Å². The Morgan fingerprint density at radius 2 is 1.65 bits per heavy atom. The summed E-state index contributed by atoms with van der Waals surface area (Å²) in [5, 5.41) is 2.67. The average molecular weight is 417 g/mol. The fraction of sp³-hybridized carbons (Fsp3) is 0.107. The summed E-state index contributed by atoms with van der Waals surface area (Å²) in [6.07, 6.45) is 0. The lowest BCUT2D eigenvalue weighted by Crippen LogP contribution is -2.14. The van der Waals surface area contributed by atoms with Crippen LogP contribution in [0, 0.1) is 0 Å². The third-order valence-electron chi connectivity index (χ3n) is 6.95. The van der Waals surface area contributed by atoms with Crippen molar-refractivity contribution in [3.05, 3.63) is 95.5 Å². The van der Waals surface area contributed by atoms with Crippen LogP contribution in [0.15, 0.2) is 84.4 Å². The van der Waals surface area contributed by atoms with Crippen molar-refractivity contribution in [1.29, 1.82) is 0 Å². The van der Waals surface area contributed by atoms with Crippen LogP contribution in [-0.4, -0.2) is 9.55 Å². The summed E-state index contributed by atoms with van der Waals surface area (Å²) in [4.78, 5) is 4.46. The van der Waals surface area contributed by atoms with Gasteiger partial charge in [-0.05, 0) is 52.6 Å². The zero-order valence-corrected chi connectivity index (χ0v) is 18.2. The number of benzene rings is 4. The lowest BCUT2D eigenvalue weighted by atomic mass is 9.82. The zero-order chi connectivity index (χ0) is 20.7. The first kappa shape index (κ1) is 17.3. The van der Waals surface area contributed by atoms with E-state index in [2.05, 4.69) is 102 Å². The Hall–Kier alpha value is -3.43. The maximum Gasteiger partial charge on any atom is 0.0813 e. The van der Waals surface area contributed by atoms with Gasteiger partial charge in [0.2, 0.25) is 0 Å². The maximum atomic E-state index is 4.46. The number of nitrogens with zero attached hydrogens (tertiary/aromatic N) is 2. The summed E-state index contributed by atoms with van der Waals surface area (Å²) in [6, 6.07) is 29.0. The SMILES string of the molecule is CC1(C)c2ccccc2-c2c1ccc1c2c2ccccc2n1-c1ccc2ncsc2c1. The van der Waals surface area contributed by atoms with Crippen LogP contribution in [0.5, 0.6) is 0 Å². The molecule has 1 aliphatic carbocycles. The molecule has 0 radical (unpaired) electrons. The van der Waals surface area contributed by atoms with Crippen molar-refractivity contribution in [3.8, 4) is 16.8 Å². The Bertz CT molecular complexity index is 1670. The van der Waals surface area contributed by atoms with E-state index in [-0.39, 0.29) is 5.41 Å². The van der Waals surface area contributed by atoms with Crippen LogP contribution in [0.3, 0.4) is 0 Å². The first-order valence-electron chi connectivity index (χ1n) is 10.6. The minimum atomic E-state index is 0.00483. The quantitative estimate of drug-likeness (QED) is 0.268. The van der Waals surface area contributed by atoms with Crippen LogP contribution in [0.25, 0.3) is 48.8 Å². The van der Waals surface area contributed by atoms with Gasteiger partial charge in [-0.3, -0.25) is 0 Å². The minimum Gasteiger partial charge on any atom is -0.309 e. The molecule has 0 spiro atoms. The molecule has 0 aliphatic heterocycles. The van der Waals surface area contributed by atoms with Gasteiger partial charge in [0.05, 0.1) is 26.8 Å². The van der Waals surface area contributed by atoms with E-state index in [0.29, 0.717) is 0 Å². The van der Waals surface area contributed by atoms with E-state index < -0.39 is 0 Å². The predicted octanol–water partition coefficient (Wildman–Crippen LogP) is 7.70. The highest BCUT2D eigenvalue weighted by molar-refractivity contribution is 7.16. The molecular weight excluding hydrogens is 396 g/mol. The molecule has 0 amide bonds. The van der Waals surface area contributed by atoms with Gasteiger partial charge in [-0.1, -0.05) is 62.4 Å². The smallest absolute Gasteiger partial charge is 0.0813 e. The van der Waals surface area contributed by atoms with Crippen LogP contribution in [0.4, 0.5) is 0 Å². The van der Waals surface area contributed by atoms with E-state index in [4.69, 9.17) is 0 Å². The number of aromatic nitrogens is 2. The van der Waals surface area contributed by atoms with Crippen molar-refractivity contribution in [2.45, 2.75) is 19.3 Å². The molecule has 0 fully saturated rings. The summed E-state index contributed by atoms with van der Waals surface area (Å²) >= 11 is 1.70. The summed E-state index contributed by atoms with van der Waals surface area (Å²) < 4.78 is 3.63. The van der Waals surface area contributed by atoms with Gasteiger partial charge in [-0.25, -0.2) is 4.98 Å². The highest BCUT2D eigenvalue weighted by Gasteiger charge is 2.37. The molecule has 3 heteroatoms. The molecule has 2 nitrogen and oxygen atoms in total. The molecule has 0 saturated carbocycles. The molecule has 1 aliphatic rings. The van der Waals surface area contributed by atoms with Gasteiger partial charge in [-0.15, -0.1) is 11.3 Å². The molecule has 0 atom stereocenters. The van der Waals surface area contributed by atoms with Gasteiger partial charge in [0.1, 0.15) is 0 Å². The van der Waals surface area contributed by atoms with Crippen LogP contribution < -0.4 is 0 Å². The fourth-order valence-corrected chi connectivity index (χ4v) is 6.22. The largest absolute Gasteiger partial charge is 0.309 e. The summed E-state index contributed by atoms with van der Waals surface area (Å²) in [7, 11) is 0. The van der Waals surface area contributed by atoms with Crippen LogP contribution in [-0.2, 0) is 5.41 Å². The second-order valence-electron chi connectivity index (χ2n) is 8.91. The third-order valence-corrected chi connectivity index (χ3v) is 7.75. The van der Waals surface area contributed by atoms with E-state index in [0.717, 1.165) is 5.52 Å². The van der Waals surface area contributed by atoms with E-state index in [1.165, 1.54) is 54.4 Å². The third kappa shape index (κ3) is 2.14. The number of fused-ring (bicyclic) bond motifs is 8. The number of thiazole rings is 1. The van der Waals surface area contributed by atoms with Crippen LogP contribution in [0.2, 0.25) is 0 Å². The molecule has 4 aromatic carbocycles. The summed E-state index contributed by atoms with van der Waals surface area (Å²) in [5.74, 6) is 0. The van der Waals surface area contributed by atoms with Crippen LogP contribution >= 0.6 is 11.3 Å². The van der Waals surface area contributed by atoms with Gasteiger partial charge in [0.15, 0.2) is 0 Å². The van der Waals surface area contributed by atoms with E-state index >= 15 is 0 Å². The topological polar surface area (TPSA) is 17.8 Å². The molecule has 7 rings (SSSR count). The van der Waals surface area contributed by atoms with Crippen molar-refractivity contribution in [1.82, 2.24) is 9.55 Å².